The molecule has 1 aliphatic rings. The van der Waals surface area contributed by atoms with E-state index in [9.17, 15) is 5.11 Å². The predicted octanol–water partition coefficient (Wildman–Crippen LogP) is 1.48. The van der Waals surface area contributed by atoms with Crippen molar-refractivity contribution in [1.29, 1.82) is 0 Å². The van der Waals surface area contributed by atoms with E-state index in [4.69, 9.17) is 9.47 Å². The van der Waals surface area contributed by atoms with Crippen LogP contribution in [0.2, 0.25) is 0 Å². The molecule has 2 aromatic rings. The van der Waals surface area contributed by atoms with Crippen molar-refractivity contribution in [3.8, 4) is 6.01 Å². The van der Waals surface area contributed by atoms with Crippen LogP contribution in [0.5, 0.6) is 6.01 Å². The van der Waals surface area contributed by atoms with Gasteiger partial charge in [-0.1, -0.05) is 12.1 Å². The molecule has 0 radical (unpaired) electrons. The Bertz CT molecular complexity index is 507. The number of benzene rings is 1. The number of fused-ring (bicyclic) bond motifs is 1. The van der Waals surface area contributed by atoms with E-state index in [2.05, 4.69) is 9.97 Å². The number of aliphatic hydroxyl groups excluding tert-OH is 1. The van der Waals surface area contributed by atoms with E-state index < -0.39 is 0 Å². The Balaban J connectivity index is 1.79. The van der Waals surface area contributed by atoms with Crippen LogP contribution in [0.15, 0.2) is 24.3 Å². The van der Waals surface area contributed by atoms with Gasteiger partial charge in [0, 0.05) is 6.42 Å². The Morgan fingerprint density at radius 2 is 2.33 bits per heavy atom. The molecule has 0 saturated carbocycles. The molecule has 2 heterocycles. The fourth-order valence-electron chi connectivity index (χ4n) is 2.33. The molecule has 18 heavy (non-hydrogen) atoms. The molecule has 3 rings (SSSR count). The molecule has 0 unspecified atom stereocenters. The van der Waals surface area contributed by atoms with Gasteiger partial charge in [0.15, 0.2) is 0 Å². The summed E-state index contributed by atoms with van der Waals surface area (Å²) < 4.78 is 11.3. The molecular formula is C13H16N2O3. The summed E-state index contributed by atoms with van der Waals surface area (Å²) in [5.74, 6) is 0. The maximum atomic E-state index is 9.24. The van der Waals surface area contributed by atoms with Crippen LogP contribution in [0.4, 0.5) is 0 Å². The average Bonchev–Trinajstić information content (AvgIpc) is 2.92. The lowest BCUT2D eigenvalue weighted by atomic mass is 10.1. The molecule has 0 spiro atoms. The van der Waals surface area contributed by atoms with Gasteiger partial charge in [-0.2, -0.15) is 4.98 Å². The predicted molar refractivity (Wildman–Crippen MR) is 66.5 cm³/mol. The van der Waals surface area contributed by atoms with Crippen LogP contribution in [0.25, 0.3) is 11.0 Å². The van der Waals surface area contributed by atoms with Crippen LogP contribution in [-0.4, -0.2) is 40.0 Å². The fraction of sp³-hybridized carbons (Fsp3) is 0.462. The first-order chi connectivity index (χ1) is 8.76. The minimum absolute atomic E-state index is 0.0325. The number of nitrogens with zero attached hydrogens (tertiary/aromatic N) is 1. The van der Waals surface area contributed by atoms with Crippen LogP contribution >= 0.6 is 0 Å². The highest BCUT2D eigenvalue weighted by Gasteiger charge is 2.34. The summed E-state index contributed by atoms with van der Waals surface area (Å²) in [6.07, 6.45) is 0.456. The van der Waals surface area contributed by atoms with Crippen molar-refractivity contribution in [2.24, 2.45) is 0 Å². The van der Waals surface area contributed by atoms with Gasteiger partial charge in [0.1, 0.15) is 12.2 Å². The lowest BCUT2D eigenvalue weighted by Crippen LogP contribution is -2.30. The zero-order valence-electron chi connectivity index (χ0n) is 10.2. The van der Waals surface area contributed by atoms with Crippen LogP contribution in [0.3, 0.4) is 0 Å². The standard InChI is InChI=1S/C13H16N2O3/c1-8-6-11(12(7-16)17-8)18-13-14-9-4-2-3-5-10(9)15-13/h2-5,8,11-12,16H,6-7H2,1H3,(H,14,15)/t8-,11+,12+/m0/s1. The van der Waals surface area contributed by atoms with Gasteiger partial charge in [0.25, 0.3) is 6.01 Å². The van der Waals surface area contributed by atoms with E-state index in [0.29, 0.717) is 6.01 Å². The highest BCUT2D eigenvalue weighted by atomic mass is 16.6. The molecule has 0 aliphatic carbocycles. The molecule has 0 amide bonds. The summed E-state index contributed by atoms with van der Waals surface area (Å²) in [6.45, 7) is 1.94. The number of para-hydroxylation sites is 2. The summed E-state index contributed by atoms with van der Waals surface area (Å²) in [7, 11) is 0. The van der Waals surface area contributed by atoms with Gasteiger partial charge in [-0.15, -0.1) is 0 Å². The van der Waals surface area contributed by atoms with E-state index in [1.807, 2.05) is 31.2 Å². The molecule has 1 saturated heterocycles. The molecule has 0 bridgehead atoms. The molecule has 96 valence electrons. The average molecular weight is 248 g/mol. The summed E-state index contributed by atoms with van der Waals surface area (Å²) in [5, 5.41) is 9.24. The molecule has 2 N–H and O–H groups in total. The number of imidazole rings is 1. The molecule has 1 aromatic heterocycles. The second-order valence-electron chi connectivity index (χ2n) is 4.62. The number of aromatic amines is 1. The largest absolute Gasteiger partial charge is 0.459 e. The minimum atomic E-state index is -0.270. The molecule has 3 atom stereocenters. The highest BCUT2D eigenvalue weighted by Crippen LogP contribution is 2.25. The number of rotatable bonds is 3. The maximum Gasteiger partial charge on any atom is 0.294 e. The zero-order valence-corrected chi connectivity index (χ0v) is 10.2. The van der Waals surface area contributed by atoms with Crippen molar-refractivity contribution >= 4 is 11.0 Å². The number of hydrogen-bond acceptors (Lipinski definition) is 4. The number of aliphatic hydroxyl groups is 1. The summed E-state index contributed by atoms with van der Waals surface area (Å²) in [4.78, 5) is 7.47. The third-order valence-electron chi connectivity index (χ3n) is 3.20. The molecule has 1 aromatic carbocycles. The number of nitrogens with one attached hydrogen (secondary N) is 1. The van der Waals surface area contributed by atoms with E-state index in [1.54, 1.807) is 0 Å². The summed E-state index contributed by atoms with van der Waals surface area (Å²) in [5.41, 5.74) is 1.82. The molecule has 5 heteroatoms. The number of hydrogen-bond donors (Lipinski definition) is 2. The Morgan fingerprint density at radius 1 is 1.50 bits per heavy atom. The smallest absolute Gasteiger partial charge is 0.294 e. The van der Waals surface area contributed by atoms with Crippen LogP contribution in [-0.2, 0) is 4.74 Å². The minimum Gasteiger partial charge on any atom is -0.459 e. The van der Waals surface area contributed by atoms with Crippen molar-refractivity contribution in [2.75, 3.05) is 6.61 Å². The van der Waals surface area contributed by atoms with Crippen molar-refractivity contribution in [1.82, 2.24) is 9.97 Å². The second kappa shape index (κ2) is 4.59. The molecular weight excluding hydrogens is 232 g/mol. The number of ether oxygens (including phenoxy) is 2. The molecule has 1 aliphatic heterocycles. The lowest BCUT2D eigenvalue weighted by molar-refractivity contribution is -0.0124. The third kappa shape index (κ3) is 2.07. The van der Waals surface area contributed by atoms with E-state index in [0.717, 1.165) is 17.5 Å². The summed E-state index contributed by atoms with van der Waals surface area (Å²) in [6, 6.07) is 8.24. The van der Waals surface area contributed by atoms with E-state index >= 15 is 0 Å². The number of aromatic nitrogens is 2. The Hall–Kier alpha value is -1.59. The van der Waals surface area contributed by atoms with E-state index in [-0.39, 0.29) is 24.9 Å². The highest BCUT2D eigenvalue weighted by molar-refractivity contribution is 5.75. The van der Waals surface area contributed by atoms with Crippen LogP contribution in [0, 0.1) is 0 Å². The normalized spacial score (nSPS) is 27.8. The quantitative estimate of drug-likeness (QED) is 0.863. The summed E-state index contributed by atoms with van der Waals surface area (Å²) >= 11 is 0. The van der Waals surface area contributed by atoms with Crippen molar-refractivity contribution in [2.45, 2.75) is 31.7 Å². The maximum absolute atomic E-state index is 9.24. The van der Waals surface area contributed by atoms with Gasteiger partial charge in [0.2, 0.25) is 0 Å². The van der Waals surface area contributed by atoms with Gasteiger partial charge in [0.05, 0.1) is 23.7 Å². The third-order valence-corrected chi connectivity index (χ3v) is 3.20. The van der Waals surface area contributed by atoms with Gasteiger partial charge >= 0.3 is 0 Å². The lowest BCUT2D eigenvalue weighted by Gasteiger charge is -2.15. The first-order valence-electron chi connectivity index (χ1n) is 6.14. The molecule has 5 nitrogen and oxygen atoms in total. The first kappa shape index (κ1) is 11.5. The van der Waals surface area contributed by atoms with Crippen molar-refractivity contribution in [3.05, 3.63) is 24.3 Å². The van der Waals surface area contributed by atoms with Crippen LogP contribution in [0.1, 0.15) is 13.3 Å². The van der Waals surface area contributed by atoms with Crippen molar-refractivity contribution < 1.29 is 14.6 Å². The van der Waals surface area contributed by atoms with E-state index in [1.165, 1.54) is 0 Å². The SMILES string of the molecule is C[C@H]1C[C@@H](Oc2nc3ccccc3[nH]2)[C@@H](CO)O1. The van der Waals surface area contributed by atoms with Gasteiger partial charge < -0.3 is 19.6 Å². The van der Waals surface area contributed by atoms with Gasteiger partial charge in [-0.3, -0.25) is 0 Å². The van der Waals surface area contributed by atoms with Gasteiger partial charge in [-0.05, 0) is 19.1 Å². The van der Waals surface area contributed by atoms with Gasteiger partial charge in [-0.25, -0.2) is 0 Å². The first-order valence-corrected chi connectivity index (χ1v) is 6.14. The second-order valence-corrected chi connectivity index (χ2v) is 4.62. The molecule has 1 fully saturated rings. The Labute approximate surface area is 105 Å². The Morgan fingerprint density at radius 3 is 3.11 bits per heavy atom. The monoisotopic (exact) mass is 248 g/mol. The Kier molecular flexibility index (Phi) is 2.93. The zero-order chi connectivity index (χ0) is 12.5. The van der Waals surface area contributed by atoms with Crippen molar-refractivity contribution in [3.63, 3.8) is 0 Å². The van der Waals surface area contributed by atoms with Crippen LogP contribution < -0.4 is 4.74 Å². The number of H-pyrrole nitrogens is 1. The fourth-order valence-corrected chi connectivity index (χ4v) is 2.33. The topological polar surface area (TPSA) is 67.4 Å².